The largest absolute Gasteiger partial charge is 0.497 e. The van der Waals surface area contributed by atoms with Gasteiger partial charge in [0.2, 0.25) is 0 Å². The molecular formula is C19H19ClO6. The first-order valence-corrected chi connectivity index (χ1v) is 8.50. The minimum Gasteiger partial charge on any atom is -0.497 e. The summed E-state index contributed by atoms with van der Waals surface area (Å²) < 4.78 is 26.9. The molecule has 1 aliphatic rings. The topological polar surface area (TPSA) is 63.2 Å². The number of rotatable bonds is 6. The number of esters is 1. The highest BCUT2D eigenvalue weighted by Crippen LogP contribution is 2.38. The number of halogens is 1. The van der Waals surface area contributed by atoms with Crippen LogP contribution in [0.2, 0.25) is 5.02 Å². The molecule has 7 heteroatoms. The number of hydrogen-bond donors (Lipinski definition) is 0. The van der Waals surface area contributed by atoms with Crippen LogP contribution in [0.5, 0.6) is 23.0 Å². The molecule has 0 fully saturated rings. The lowest BCUT2D eigenvalue weighted by atomic mass is 10.2. The van der Waals surface area contributed by atoms with E-state index in [9.17, 15) is 4.79 Å². The van der Waals surface area contributed by atoms with E-state index in [1.54, 1.807) is 50.4 Å². The molecule has 0 bridgehead atoms. The Balaban J connectivity index is 1.56. The molecule has 0 spiro atoms. The molecule has 26 heavy (non-hydrogen) atoms. The van der Waals surface area contributed by atoms with Gasteiger partial charge in [0.25, 0.3) is 0 Å². The SMILES string of the molecule is COc1ccc(OC(C)C(=O)OCc2cc(Cl)c3c(c2)OCCO3)cc1. The standard InChI is InChI=1S/C19H19ClO6/c1-12(26-15-5-3-14(22-2)4-6-15)19(21)25-11-13-9-16(20)18-17(10-13)23-7-8-24-18/h3-6,9-10,12H,7-8,11H2,1-2H3. The maximum Gasteiger partial charge on any atom is 0.347 e. The first-order chi connectivity index (χ1) is 12.6. The quantitative estimate of drug-likeness (QED) is 0.715. The Bertz CT molecular complexity index is 774. The number of benzene rings is 2. The fourth-order valence-electron chi connectivity index (χ4n) is 2.43. The van der Waals surface area contributed by atoms with E-state index in [0.29, 0.717) is 46.8 Å². The van der Waals surface area contributed by atoms with Gasteiger partial charge in [0.15, 0.2) is 17.6 Å². The van der Waals surface area contributed by atoms with Crippen LogP contribution in [0.1, 0.15) is 12.5 Å². The average molecular weight is 379 g/mol. The Morgan fingerprint density at radius 1 is 1.15 bits per heavy atom. The number of carbonyl (C=O) groups is 1. The second kappa shape index (κ2) is 8.19. The fraction of sp³-hybridized carbons (Fsp3) is 0.316. The number of methoxy groups -OCH3 is 1. The molecule has 1 unspecified atom stereocenters. The van der Waals surface area contributed by atoms with Gasteiger partial charge in [0, 0.05) is 0 Å². The summed E-state index contributed by atoms with van der Waals surface area (Å²) in [6.45, 7) is 2.61. The van der Waals surface area contributed by atoms with Crippen molar-refractivity contribution < 1.29 is 28.5 Å². The molecule has 0 saturated carbocycles. The normalized spacial score (nSPS) is 13.7. The van der Waals surface area contributed by atoms with E-state index in [1.165, 1.54) is 0 Å². The monoisotopic (exact) mass is 378 g/mol. The average Bonchev–Trinajstić information content (AvgIpc) is 2.66. The van der Waals surface area contributed by atoms with Crippen LogP contribution >= 0.6 is 11.6 Å². The number of ether oxygens (including phenoxy) is 5. The molecular weight excluding hydrogens is 360 g/mol. The van der Waals surface area contributed by atoms with Crippen molar-refractivity contribution in [3.8, 4) is 23.0 Å². The lowest BCUT2D eigenvalue weighted by Crippen LogP contribution is -2.26. The van der Waals surface area contributed by atoms with Gasteiger partial charge in [-0.25, -0.2) is 4.79 Å². The Kier molecular flexibility index (Phi) is 5.73. The zero-order chi connectivity index (χ0) is 18.5. The molecule has 0 N–H and O–H groups in total. The predicted molar refractivity (Wildman–Crippen MR) is 95.3 cm³/mol. The van der Waals surface area contributed by atoms with Gasteiger partial charge in [0.1, 0.15) is 31.3 Å². The second-order valence-electron chi connectivity index (χ2n) is 5.65. The molecule has 0 amide bonds. The van der Waals surface area contributed by atoms with Crippen molar-refractivity contribution in [2.75, 3.05) is 20.3 Å². The van der Waals surface area contributed by atoms with Gasteiger partial charge in [-0.05, 0) is 48.9 Å². The van der Waals surface area contributed by atoms with Crippen molar-refractivity contribution in [1.29, 1.82) is 0 Å². The van der Waals surface area contributed by atoms with Crippen LogP contribution in [0.25, 0.3) is 0 Å². The summed E-state index contributed by atoms with van der Waals surface area (Å²) in [6, 6.07) is 10.4. The van der Waals surface area contributed by atoms with Crippen LogP contribution in [0.15, 0.2) is 36.4 Å². The van der Waals surface area contributed by atoms with Crippen LogP contribution in [0, 0.1) is 0 Å². The summed E-state index contributed by atoms with van der Waals surface area (Å²) in [5.41, 5.74) is 0.712. The van der Waals surface area contributed by atoms with Crippen LogP contribution in [-0.4, -0.2) is 32.4 Å². The molecule has 0 aliphatic carbocycles. The summed E-state index contributed by atoms with van der Waals surface area (Å²) in [4.78, 5) is 12.2. The van der Waals surface area contributed by atoms with Gasteiger partial charge in [-0.3, -0.25) is 0 Å². The smallest absolute Gasteiger partial charge is 0.347 e. The van der Waals surface area contributed by atoms with E-state index < -0.39 is 12.1 Å². The van der Waals surface area contributed by atoms with Crippen molar-refractivity contribution in [2.24, 2.45) is 0 Å². The maximum atomic E-state index is 12.2. The lowest BCUT2D eigenvalue weighted by molar-refractivity contribution is -0.152. The van der Waals surface area contributed by atoms with Gasteiger partial charge in [-0.15, -0.1) is 0 Å². The van der Waals surface area contributed by atoms with Crippen molar-refractivity contribution >= 4 is 17.6 Å². The highest BCUT2D eigenvalue weighted by molar-refractivity contribution is 6.32. The molecule has 0 aromatic heterocycles. The summed E-state index contributed by atoms with van der Waals surface area (Å²) in [7, 11) is 1.58. The van der Waals surface area contributed by atoms with Gasteiger partial charge >= 0.3 is 5.97 Å². The Morgan fingerprint density at radius 3 is 2.58 bits per heavy atom. The number of carbonyl (C=O) groups excluding carboxylic acids is 1. The van der Waals surface area contributed by atoms with E-state index in [0.717, 1.165) is 0 Å². The van der Waals surface area contributed by atoms with Crippen molar-refractivity contribution in [1.82, 2.24) is 0 Å². The summed E-state index contributed by atoms with van der Waals surface area (Å²) in [6.07, 6.45) is -0.754. The summed E-state index contributed by atoms with van der Waals surface area (Å²) in [5, 5.41) is 0.427. The van der Waals surface area contributed by atoms with Gasteiger partial charge in [-0.1, -0.05) is 11.6 Å². The summed E-state index contributed by atoms with van der Waals surface area (Å²) >= 11 is 6.18. The maximum absolute atomic E-state index is 12.2. The van der Waals surface area contributed by atoms with Crippen molar-refractivity contribution in [3.05, 3.63) is 47.0 Å². The highest BCUT2D eigenvalue weighted by atomic mass is 35.5. The minimum atomic E-state index is -0.754. The third-order valence-electron chi connectivity index (χ3n) is 3.74. The highest BCUT2D eigenvalue weighted by Gasteiger charge is 2.19. The first kappa shape index (κ1) is 18.2. The predicted octanol–water partition coefficient (Wildman–Crippen LogP) is 3.63. The van der Waals surface area contributed by atoms with Crippen LogP contribution < -0.4 is 18.9 Å². The number of fused-ring (bicyclic) bond motifs is 1. The van der Waals surface area contributed by atoms with Crippen LogP contribution in [0.4, 0.5) is 0 Å². The number of hydrogen-bond acceptors (Lipinski definition) is 6. The second-order valence-corrected chi connectivity index (χ2v) is 6.05. The molecule has 0 saturated heterocycles. The zero-order valence-electron chi connectivity index (χ0n) is 14.5. The van der Waals surface area contributed by atoms with E-state index in [4.69, 9.17) is 35.3 Å². The minimum absolute atomic E-state index is 0.0610. The molecule has 3 rings (SSSR count). The van der Waals surface area contributed by atoms with Gasteiger partial charge in [-0.2, -0.15) is 0 Å². The molecule has 2 aromatic carbocycles. The fourth-order valence-corrected chi connectivity index (χ4v) is 2.71. The van der Waals surface area contributed by atoms with Gasteiger partial charge in [0.05, 0.1) is 12.1 Å². The third-order valence-corrected chi connectivity index (χ3v) is 4.02. The van der Waals surface area contributed by atoms with Crippen LogP contribution in [0.3, 0.4) is 0 Å². The Labute approximate surface area is 156 Å². The van der Waals surface area contributed by atoms with E-state index in [2.05, 4.69) is 0 Å². The molecule has 6 nitrogen and oxygen atoms in total. The van der Waals surface area contributed by atoms with Crippen molar-refractivity contribution in [3.63, 3.8) is 0 Å². The third kappa shape index (κ3) is 4.32. The molecule has 138 valence electrons. The van der Waals surface area contributed by atoms with E-state index in [1.807, 2.05) is 0 Å². The lowest BCUT2D eigenvalue weighted by Gasteiger charge is -2.20. The molecule has 1 atom stereocenters. The molecule has 1 heterocycles. The first-order valence-electron chi connectivity index (χ1n) is 8.12. The molecule has 2 aromatic rings. The summed E-state index contributed by atoms with van der Waals surface area (Å²) in [5.74, 6) is 1.86. The molecule has 0 radical (unpaired) electrons. The van der Waals surface area contributed by atoms with Crippen molar-refractivity contribution in [2.45, 2.75) is 19.6 Å². The zero-order valence-corrected chi connectivity index (χ0v) is 15.2. The van der Waals surface area contributed by atoms with Crippen LogP contribution in [-0.2, 0) is 16.1 Å². The van der Waals surface area contributed by atoms with Gasteiger partial charge < -0.3 is 23.7 Å². The van der Waals surface area contributed by atoms with E-state index >= 15 is 0 Å². The van der Waals surface area contributed by atoms with E-state index in [-0.39, 0.29) is 6.61 Å². The Morgan fingerprint density at radius 2 is 1.85 bits per heavy atom. The molecule has 1 aliphatic heterocycles. The Hall–Kier alpha value is -2.60.